The zero-order valence-electron chi connectivity index (χ0n) is 17.9. The molecule has 3 heteroatoms. The highest BCUT2D eigenvalue weighted by molar-refractivity contribution is 5.87. The summed E-state index contributed by atoms with van der Waals surface area (Å²) >= 11 is 0. The quantitative estimate of drug-likeness (QED) is 0.234. The first-order valence-electron chi connectivity index (χ1n) is 9.66. The Kier molecular flexibility index (Phi) is 13.6. The zero-order valence-corrected chi connectivity index (χ0v) is 17.9. The van der Waals surface area contributed by atoms with Crippen molar-refractivity contribution in [2.75, 3.05) is 27.2 Å². The highest BCUT2D eigenvalue weighted by atomic mass is 16.5. The summed E-state index contributed by atoms with van der Waals surface area (Å²) in [7, 11) is 3.91. The molecule has 0 bridgehead atoms. The number of nitrogens with zero attached hydrogens (tertiary/aromatic N) is 1. The van der Waals surface area contributed by atoms with Gasteiger partial charge < -0.3 is 9.64 Å². The van der Waals surface area contributed by atoms with E-state index >= 15 is 0 Å². The molecule has 0 spiro atoms. The van der Waals surface area contributed by atoms with E-state index in [1.54, 1.807) is 0 Å². The van der Waals surface area contributed by atoms with Crippen molar-refractivity contribution in [3.05, 3.63) is 47.1 Å². The highest BCUT2D eigenvalue weighted by Crippen LogP contribution is 2.13. The van der Waals surface area contributed by atoms with Crippen LogP contribution in [-0.4, -0.2) is 38.1 Å². The lowest BCUT2D eigenvalue weighted by atomic mass is 10.0. The lowest BCUT2D eigenvalue weighted by Gasteiger charge is -2.10. The van der Waals surface area contributed by atoms with Crippen LogP contribution in [-0.2, 0) is 9.53 Å². The van der Waals surface area contributed by atoms with Gasteiger partial charge in [0.15, 0.2) is 0 Å². The number of allylic oxidation sites excluding steroid dienone is 6. The molecule has 0 aliphatic rings. The molecule has 0 rings (SSSR count). The maximum atomic E-state index is 11.8. The number of rotatable bonds is 13. The SMILES string of the molecule is C=C(CCC=C(C)CCC=C(C)CCC=C(C)C)C(=O)OCCN(C)C. The molecule has 0 fully saturated rings. The molecule has 0 aliphatic carbocycles. The van der Waals surface area contributed by atoms with Gasteiger partial charge in [0, 0.05) is 12.1 Å². The molecule has 0 radical (unpaired) electrons. The third kappa shape index (κ3) is 14.7. The Morgan fingerprint density at radius 3 is 1.88 bits per heavy atom. The van der Waals surface area contributed by atoms with Crippen LogP contribution in [0.3, 0.4) is 0 Å². The summed E-state index contributed by atoms with van der Waals surface area (Å²) in [6.45, 7) is 13.7. The van der Waals surface area contributed by atoms with Crippen molar-refractivity contribution in [1.82, 2.24) is 4.90 Å². The molecule has 0 amide bonds. The van der Waals surface area contributed by atoms with Crippen molar-refractivity contribution in [3.8, 4) is 0 Å². The number of ether oxygens (including phenoxy) is 1. The zero-order chi connectivity index (χ0) is 19.9. The molecule has 0 saturated carbocycles. The highest BCUT2D eigenvalue weighted by Gasteiger charge is 2.07. The molecule has 148 valence electrons. The van der Waals surface area contributed by atoms with Gasteiger partial charge in [0.2, 0.25) is 0 Å². The lowest BCUT2D eigenvalue weighted by Crippen LogP contribution is -2.20. The summed E-state index contributed by atoms with van der Waals surface area (Å²) in [6.07, 6.45) is 12.8. The molecule has 3 nitrogen and oxygen atoms in total. The van der Waals surface area contributed by atoms with E-state index in [1.807, 2.05) is 19.0 Å². The summed E-state index contributed by atoms with van der Waals surface area (Å²) in [5, 5.41) is 0. The van der Waals surface area contributed by atoms with Crippen LogP contribution in [0.4, 0.5) is 0 Å². The van der Waals surface area contributed by atoms with Crippen LogP contribution < -0.4 is 0 Å². The Bertz CT molecular complexity index is 520. The molecule has 0 heterocycles. The molecule has 0 aromatic carbocycles. The van der Waals surface area contributed by atoms with Gasteiger partial charge in [-0.25, -0.2) is 4.79 Å². The number of hydrogen-bond acceptors (Lipinski definition) is 3. The Balaban J connectivity index is 4.01. The van der Waals surface area contributed by atoms with Crippen molar-refractivity contribution in [2.45, 2.75) is 66.2 Å². The van der Waals surface area contributed by atoms with Crippen LogP contribution in [0.15, 0.2) is 47.1 Å². The second-order valence-corrected chi connectivity index (χ2v) is 7.54. The second-order valence-electron chi connectivity index (χ2n) is 7.54. The van der Waals surface area contributed by atoms with Gasteiger partial charge in [-0.2, -0.15) is 0 Å². The molecule has 26 heavy (non-hydrogen) atoms. The van der Waals surface area contributed by atoms with Gasteiger partial charge >= 0.3 is 5.97 Å². The number of carbonyl (C=O) groups is 1. The van der Waals surface area contributed by atoms with Crippen molar-refractivity contribution in [3.63, 3.8) is 0 Å². The summed E-state index contributed by atoms with van der Waals surface area (Å²) in [5.41, 5.74) is 4.78. The van der Waals surface area contributed by atoms with E-state index in [1.165, 1.54) is 16.7 Å². The first-order chi connectivity index (χ1) is 12.2. The average Bonchev–Trinajstić information content (AvgIpc) is 2.53. The van der Waals surface area contributed by atoms with E-state index in [0.29, 0.717) is 18.6 Å². The van der Waals surface area contributed by atoms with Crippen molar-refractivity contribution < 1.29 is 9.53 Å². The monoisotopic (exact) mass is 361 g/mol. The Morgan fingerprint density at radius 2 is 1.38 bits per heavy atom. The summed E-state index contributed by atoms with van der Waals surface area (Å²) in [5.74, 6) is -0.271. The van der Waals surface area contributed by atoms with Crippen LogP contribution in [0.5, 0.6) is 0 Å². The predicted octanol–water partition coefficient (Wildman–Crippen LogP) is 5.85. The molecule has 0 N–H and O–H groups in total. The minimum absolute atomic E-state index is 0.271. The summed E-state index contributed by atoms with van der Waals surface area (Å²) in [4.78, 5) is 13.8. The van der Waals surface area contributed by atoms with Crippen LogP contribution >= 0.6 is 0 Å². The Morgan fingerprint density at radius 1 is 0.885 bits per heavy atom. The predicted molar refractivity (Wildman–Crippen MR) is 113 cm³/mol. The second kappa shape index (κ2) is 14.5. The first-order valence-corrected chi connectivity index (χ1v) is 9.66. The van der Waals surface area contributed by atoms with E-state index in [-0.39, 0.29) is 5.97 Å². The first kappa shape index (κ1) is 24.4. The third-order valence-corrected chi connectivity index (χ3v) is 4.12. The molecular formula is C23H39NO2. The summed E-state index contributed by atoms with van der Waals surface area (Å²) < 4.78 is 5.20. The van der Waals surface area contributed by atoms with Gasteiger partial charge in [-0.15, -0.1) is 0 Å². The number of esters is 1. The third-order valence-electron chi connectivity index (χ3n) is 4.12. The number of likely N-dealkylation sites (N-methyl/N-ethyl adjacent to an activating group) is 1. The fraction of sp³-hybridized carbons (Fsp3) is 0.609. The number of carbonyl (C=O) groups excluding carboxylic acids is 1. The van der Waals surface area contributed by atoms with E-state index in [9.17, 15) is 4.79 Å². The van der Waals surface area contributed by atoms with Gasteiger partial charge in [0.05, 0.1) is 0 Å². The topological polar surface area (TPSA) is 29.5 Å². The van der Waals surface area contributed by atoms with Crippen LogP contribution in [0.25, 0.3) is 0 Å². The molecular weight excluding hydrogens is 322 g/mol. The minimum Gasteiger partial charge on any atom is -0.461 e. The van der Waals surface area contributed by atoms with Gasteiger partial charge in [-0.3, -0.25) is 0 Å². The van der Waals surface area contributed by atoms with Crippen LogP contribution in [0.1, 0.15) is 66.2 Å². The molecule has 0 saturated heterocycles. The van der Waals surface area contributed by atoms with E-state index in [4.69, 9.17) is 4.74 Å². The van der Waals surface area contributed by atoms with Gasteiger partial charge in [-0.05, 0) is 80.3 Å². The van der Waals surface area contributed by atoms with E-state index < -0.39 is 0 Å². The van der Waals surface area contributed by atoms with Gasteiger partial charge in [-0.1, -0.05) is 41.5 Å². The molecule has 0 aromatic heterocycles. The maximum Gasteiger partial charge on any atom is 0.333 e. The van der Waals surface area contributed by atoms with Crippen molar-refractivity contribution in [2.24, 2.45) is 0 Å². The maximum absolute atomic E-state index is 11.8. The summed E-state index contributed by atoms with van der Waals surface area (Å²) in [6, 6.07) is 0. The van der Waals surface area contributed by atoms with E-state index in [2.05, 4.69) is 52.5 Å². The van der Waals surface area contributed by atoms with E-state index in [0.717, 1.165) is 38.6 Å². The molecule has 0 aromatic rings. The van der Waals surface area contributed by atoms with Crippen molar-refractivity contribution in [1.29, 1.82) is 0 Å². The van der Waals surface area contributed by atoms with Crippen molar-refractivity contribution >= 4 is 5.97 Å². The Hall–Kier alpha value is -1.61. The minimum atomic E-state index is -0.271. The van der Waals surface area contributed by atoms with Crippen LogP contribution in [0.2, 0.25) is 0 Å². The number of hydrogen-bond donors (Lipinski definition) is 0. The standard InChI is InChI=1S/C23H39NO2/c1-19(2)11-8-12-20(3)13-9-14-21(4)15-10-16-22(5)23(25)26-18-17-24(6)7/h11,13,15H,5,8-10,12,14,16-18H2,1-4,6-7H3. The normalized spacial score (nSPS) is 12.3. The van der Waals surface area contributed by atoms with Gasteiger partial charge in [0.1, 0.15) is 6.61 Å². The Labute approximate surface area is 161 Å². The lowest BCUT2D eigenvalue weighted by molar-refractivity contribution is -0.139. The largest absolute Gasteiger partial charge is 0.461 e. The van der Waals surface area contributed by atoms with Crippen LogP contribution in [0, 0.1) is 0 Å². The van der Waals surface area contributed by atoms with Gasteiger partial charge in [0.25, 0.3) is 0 Å². The fourth-order valence-electron chi connectivity index (χ4n) is 2.36. The average molecular weight is 362 g/mol. The molecule has 0 aliphatic heterocycles. The molecule has 0 unspecified atom stereocenters. The fourth-order valence-corrected chi connectivity index (χ4v) is 2.36. The smallest absolute Gasteiger partial charge is 0.333 e. The molecule has 0 atom stereocenters.